The van der Waals surface area contributed by atoms with Gasteiger partial charge in [-0.05, 0) is 36.8 Å². The summed E-state index contributed by atoms with van der Waals surface area (Å²) in [5, 5.41) is 11.8. The van der Waals surface area contributed by atoms with Gasteiger partial charge in [0, 0.05) is 11.9 Å². The first-order chi connectivity index (χ1) is 9.91. The van der Waals surface area contributed by atoms with Crippen LogP contribution in [0.25, 0.3) is 0 Å². The Morgan fingerprint density at radius 1 is 1.29 bits per heavy atom. The Balaban J connectivity index is 2.19. The first kappa shape index (κ1) is 14.9. The summed E-state index contributed by atoms with van der Waals surface area (Å²) in [7, 11) is 0. The summed E-state index contributed by atoms with van der Waals surface area (Å²) in [6.07, 6.45) is -2.88. The van der Waals surface area contributed by atoms with Crippen molar-refractivity contribution in [1.82, 2.24) is 4.98 Å². The number of aromatic nitrogens is 1. The minimum absolute atomic E-state index is 0.378. The fraction of sp³-hybridized carbons (Fsp3) is 0.200. The SMILES string of the molecule is Cc1cccnc1CNc1ccc(C(F)(F)F)c(C#N)c1. The van der Waals surface area contributed by atoms with Gasteiger partial charge in [-0.25, -0.2) is 0 Å². The fourth-order valence-electron chi connectivity index (χ4n) is 1.88. The van der Waals surface area contributed by atoms with Gasteiger partial charge < -0.3 is 5.32 Å². The highest BCUT2D eigenvalue weighted by molar-refractivity contribution is 5.53. The number of aryl methyl sites for hydroxylation is 1. The summed E-state index contributed by atoms with van der Waals surface area (Å²) in [5.74, 6) is 0. The summed E-state index contributed by atoms with van der Waals surface area (Å²) in [4.78, 5) is 4.19. The Labute approximate surface area is 120 Å². The molecule has 1 heterocycles. The lowest BCUT2D eigenvalue weighted by molar-refractivity contribution is -0.137. The van der Waals surface area contributed by atoms with Gasteiger partial charge in [0.2, 0.25) is 0 Å². The molecule has 6 heteroatoms. The van der Waals surface area contributed by atoms with Gasteiger partial charge in [0.25, 0.3) is 0 Å². The molecule has 2 aromatic rings. The second kappa shape index (κ2) is 5.83. The molecule has 1 N–H and O–H groups in total. The summed E-state index contributed by atoms with van der Waals surface area (Å²) in [6.45, 7) is 2.28. The Kier molecular flexibility index (Phi) is 4.13. The number of alkyl halides is 3. The first-order valence-electron chi connectivity index (χ1n) is 6.17. The van der Waals surface area contributed by atoms with Gasteiger partial charge in [0.1, 0.15) is 0 Å². The third-order valence-electron chi connectivity index (χ3n) is 3.02. The standard InChI is InChI=1S/C15H12F3N3/c1-10-3-2-6-20-14(10)9-21-12-4-5-13(15(16,17)18)11(7-12)8-19/h2-7,21H,9H2,1H3. The Hall–Kier alpha value is -2.55. The molecule has 0 aliphatic carbocycles. The molecule has 3 nitrogen and oxygen atoms in total. The summed E-state index contributed by atoms with van der Waals surface area (Å²) in [5.41, 5.74) is 0.910. The van der Waals surface area contributed by atoms with Crippen LogP contribution in [0.5, 0.6) is 0 Å². The molecule has 1 aromatic heterocycles. The number of halogens is 3. The van der Waals surface area contributed by atoms with Crippen LogP contribution in [0.2, 0.25) is 0 Å². The average Bonchev–Trinajstić information content (AvgIpc) is 2.45. The van der Waals surface area contributed by atoms with E-state index in [-0.39, 0.29) is 0 Å². The Morgan fingerprint density at radius 3 is 2.67 bits per heavy atom. The molecule has 0 amide bonds. The zero-order chi connectivity index (χ0) is 15.5. The molecule has 21 heavy (non-hydrogen) atoms. The summed E-state index contributed by atoms with van der Waals surface area (Å²) >= 11 is 0. The monoisotopic (exact) mass is 291 g/mol. The van der Waals surface area contributed by atoms with E-state index in [1.807, 2.05) is 19.1 Å². The maximum absolute atomic E-state index is 12.7. The number of hydrogen-bond donors (Lipinski definition) is 1. The average molecular weight is 291 g/mol. The van der Waals surface area contributed by atoms with E-state index >= 15 is 0 Å². The topological polar surface area (TPSA) is 48.7 Å². The van der Waals surface area contributed by atoms with Crippen molar-refractivity contribution in [2.75, 3.05) is 5.32 Å². The highest BCUT2D eigenvalue weighted by Gasteiger charge is 2.33. The van der Waals surface area contributed by atoms with E-state index in [9.17, 15) is 13.2 Å². The van der Waals surface area contributed by atoms with Crippen LogP contribution in [0, 0.1) is 18.3 Å². The van der Waals surface area contributed by atoms with Crippen LogP contribution in [0.1, 0.15) is 22.4 Å². The van der Waals surface area contributed by atoms with Crippen LogP contribution >= 0.6 is 0 Å². The van der Waals surface area contributed by atoms with Crippen LogP contribution in [-0.4, -0.2) is 4.98 Å². The van der Waals surface area contributed by atoms with Crippen LogP contribution in [0.15, 0.2) is 36.5 Å². The van der Waals surface area contributed by atoms with Crippen molar-refractivity contribution in [3.8, 4) is 6.07 Å². The van der Waals surface area contributed by atoms with Gasteiger partial charge in [-0.3, -0.25) is 4.98 Å². The van der Waals surface area contributed by atoms with Gasteiger partial charge in [0.05, 0.1) is 29.4 Å². The molecule has 0 bridgehead atoms. The molecular weight excluding hydrogens is 279 g/mol. The minimum Gasteiger partial charge on any atom is -0.379 e. The van der Waals surface area contributed by atoms with Crippen molar-refractivity contribution >= 4 is 5.69 Å². The van der Waals surface area contributed by atoms with E-state index in [1.165, 1.54) is 12.1 Å². The van der Waals surface area contributed by atoms with Gasteiger partial charge >= 0.3 is 6.18 Å². The van der Waals surface area contributed by atoms with E-state index in [4.69, 9.17) is 5.26 Å². The summed E-state index contributed by atoms with van der Waals surface area (Å²) < 4.78 is 38.1. The molecule has 2 rings (SSSR count). The van der Waals surface area contributed by atoms with Crippen molar-refractivity contribution in [2.45, 2.75) is 19.6 Å². The predicted octanol–water partition coefficient (Wildman–Crippen LogP) is 3.89. The number of rotatable bonds is 3. The number of nitrogens with zero attached hydrogens (tertiary/aromatic N) is 2. The molecule has 0 atom stereocenters. The third-order valence-corrected chi connectivity index (χ3v) is 3.02. The molecule has 0 fully saturated rings. The third kappa shape index (κ3) is 3.51. The lowest BCUT2D eigenvalue weighted by atomic mass is 10.1. The molecule has 0 radical (unpaired) electrons. The molecule has 1 aromatic carbocycles. The van der Waals surface area contributed by atoms with Crippen molar-refractivity contribution in [2.24, 2.45) is 0 Å². The number of pyridine rings is 1. The first-order valence-corrected chi connectivity index (χ1v) is 6.17. The van der Waals surface area contributed by atoms with E-state index in [0.717, 1.165) is 17.3 Å². The maximum atomic E-state index is 12.7. The number of anilines is 1. The smallest absolute Gasteiger partial charge is 0.379 e. The molecule has 108 valence electrons. The minimum atomic E-state index is -4.53. The molecule has 0 aliphatic heterocycles. The van der Waals surface area contributed by atoms with Gasteiger partial charge in [-0.1, -0.05) is 6.07 Å². The Morgan fingerprint density at radius 2 is 2.05 bits per heavy atom. The number of hydrogen-bond acceptors (Lipinski definition) is 3. The lowest BCUT2D eigenvalue weighted by Gasteiger charge is -2.12. The normalized spacial score (nSPS) is 11.0. The molecule has 0 unspecified atom stereocenters. The molecule has 0 saturated heterocycles. The van der Waals surface area contributed by atoms with Gasteiger partial charge in [-0.15, -0.1) is 0 Å². The zero-order valence-electron chi connectivity index (χ0n) is 11.2. The zero-order valence-corrected chi connectivity index (χ0v) is 11.2. The maximum Gasteiger partial charge on any atom is 0.417 e. The highest BCUT2D eigenvalue weighted by atomic mass is 19.4. The predicted molar refractivity (Wildman–Crippen MR) is 72.5 cm³/mol. The van der Waals surface area contributed by atoms with E-state index in [0.29, 0.717) is 12.2 Å². The van der Waals surface area contributed by atoms with Crippen molar-refractivity contribution in [3.05, 3.63) is 58.9 Å². The van der Waals surface area contributed by atoms with Crippen LogP contribution < -0.4 is 5.32 Å². The van der Waals surface area contributed by atoms with Crippen LogP contribution in [0.4, 0.5) is 18.9 Å². The second-order valence-electron chi connectivity index (χ2n) is 4.49. The molecule has 0 aliphatic rings. The van der Waals surface area contributed by atoms with E-state index < -0.39 is 17.3 Å². The number of benzene rings is 1. The van der Waals surface area contributed by atoms with E-state index in [2.05, 4.69) is 10.3 Å². The van der Waals surface area contributed by atoms with Crippen molar-refractivity contribution < 1.29 is 13.2 Å². The summed E-state index contributed by atoms with van der Waals surface area (Å²) in [6, 6.07) is 8.70. The largest absolute Gasteiger partial charge is 0.417 e. The van der Waals surface area contributed by atoms with Crippen LogP contribution in [0.3, 0.4) is 0 Å². The molecule has 0 spiro atoms. The van der Waals surface area contributed by atoms with Gasteiger partial charge in [-0.2, -0.15) is 18.4 Å². The Bertz CT molecular complexity index is 687. The highest BCUT2D eigenvalue weighted by Crippen LogP contribution is 2.33. The fourth-order valence-corrected chi connectivity index (χ4v) is 1.88. The second-order valence-corrected chi connectivity index (χ2v) is 4.49. The molecular formula is C15H12F3N3. The lowest BCUT2D eigenvalue weighted by Crippen LogP contribution is -2.09. The van der Waals surface area contributed by atoms with E-state index in [1.54, 1.807) is 12.3 Å². The number of nitriles is 1. The molecule has 0 saturated carbocycles. The van der Waals surface area contributed by atoms with Crippen molar-refractivity contribution in [3.63, 3.8) is 0 Å². The van der Waals surface area contributed by atoms with Crippen molar-refractivity contribution in [1.29, 1.82) is 5.26 Å². The van der Waals surface area contributed by atoms with Gasteiger partial charge in [0.15, 0.2) is 0 Å². The van der Waals surface area contributed by atoms with Crippen LogP contribution in [-0.2, 0) is 12.7 Å². The quantitative estimate of drug-likeness (QED) is 0.933. The number of nitrogens with one attached hydrogen (secondary N) is 1.